The molecule has 0 radical (unpaired) electrons. The molecule has 1 aliphatic heterocycles. The summed E-state index contributed by atoms with van der Waals surface area (Å²) in [6.45, 7) is 7.29. The van der Waals surface area contributed by atoms with E-state index in [1.807, 2.05) is 13.8 Å². The Bertz CT molecular complexity index is 302. The third-order valence-corrected chi connectivity index (χ3v) is 3.43. The van der Waals surface area contributed by atoms with Crippen LogP contribution in [-0.2, 0) is 14.3 Å². The van der Waals surface area contributed by atoms with E-state index in [0.29, 0.717) is 32.5 Å². The molecule has 0 aromatic carbocycles. The van der Waals surface area contributed by atoms with Crippen LogP contribution in [0.1, 0.15) is 33.6 Å². The first-order chi connectivity index (χ1) is 8.47. The Labute approximate surface area is 121 Å². The van der Waals surface area contributed by atoms with E-state index < -0.39 is 6.04 Å². The molecule has 5 nitrogen and oxygen atoms in total. The molecule has 1 amide bonds. The molecule has 1 heterocycles. The van der Waals surface area contributed by atoms with Crippen molar-refractivity contribution >= 4 is 24.3 Å². The summed E-state index contributed by atoms with van der Waals surface area (Å²) < 4.78 is 5.00. The molecule has 112 valence electrons. The van der Waals surface area contributed by atoms with Gasteiger partial charge in [-0.05, 0) is 25.7 Å². The van der Waals surface area contributed by atoms with Crippen molar-refractivity contribution in [3.63, 3.8) is 0 Å². The second kappa shape index (κ2) is 8.38. The number of esters is 1. The number of hydrogen-bond donors (Lipinski definition) is 1. The lowest BCUT2D eigenvalue weighted by atomic mass is 9.95. The number of carbonyl (C=O) groups is 2. The van der Waals surface area contributed by atoms with Gasteiger partial charge in [0.2, 0.25) is 5.91 Å². The second-order valence-electron chi connectivity index (χ2n) is 5.12. The van der Waals surface area contributed by atoms with Gasteiger partial charge in [-0.25, -0.2) is 0 Å². The number of nitrogens with zero attached hydrogens (tertiary/aromatic N) is 1. The summed E-state index contributed by atoms with van der Waals surface area (Å²) in [6, 6.07) is -0.441. The largest absolute Gasteiger partial charge is 0.466 e. The van der Waals surface area contributed by atoms with E-state index in [1.165, 1.54) is 0 Å². The Morgan fingerprint density at radius 1 is 1.32 bits per heavy atom. The Kier molecular flexibility index (Phi) is 8.02. The van der Waals surface area contributed by atoms with Crippen LogP contribution < -0.4 is 5.73 Å². The topological polar surface area (TPSA) is 72.6 Å². The van der Waals surface area contributed by atoms with Gasteiger partial charge in [-0.3, -0.25) is 9.59 Å². The zero-order chi connectivity index (χ0) is 13.7. The molecule has 0 bridgehead atoms. The fourth-order valence-electron chi connectivity index (χ4n) is 2.09. The van der Waals surface area contributed by atoms with Gasteiger partial charge in [0.15, 0.2) is 0 Å². The molecule has 0 aromatic heterocycles. The van der Waals surface area contributed by atoms with E-state index >= 15 is 0 Å². The van der Waals surface area contributed by atoms with Gasteiger partial charge in [0.1, 0.15) is 0 Å². The molecule has 0 aliphatic carbocycles. The summed E-state index contributed by atoms with van der Waals surface area (Å²) in [5.41, 5.74) is 5.85. The molecule has 1 rings (SSSR count). The lowest BCUT2D eigenvalue weighted by Gasteiger charge is -2.33. The van der Waals surface area contributed by atoms with Crippen LogP contribution in [-0.4, -0.2) is 42.5 Å². The molecular weight excluding hydrogens is 268 g/mol. The maximum atomic E-state index is 12.0. The van der Waals surface area contributed by atoms with Crippen LogP contribution in [0.25, 0.3) is 0 Å². The van der Waals surface area contributed by atoms with Crippen LogP contribution in [0.15, 0.2) is 0 Å². The minimum Gasteiger partial charge on any atom is -0.466 e. The van der Waals surface area contributed by atoms with Crippen LogP contribution >= 0.6 is 12.4 Å². The summed E-state index contributed by atoms with van der Waals surface area (Å²) in [7, 11) is 0. The molecule has 2 N–H and O–H groups in total. The van der Waals surface area contributed by atoms with E-state index in [0.717, 1.165) is 0 Å². The third kappa shape index (κ3) is 4.99. The molecule has 1 saturated heterocycles. The lowest BCUT2D eigenvalue weighted by Crippen LogP contribution is -2.49. The van der Waals surface area contributed by atoms with Gasteiger partial charge < -0.3 is 15.4 Å². The smallest absolute Gasteiger partial charge is 0.309 e. The van der Waals surface area contributed by atoms with Crippen molar-refractivity contribution in [1.29, 1.82) is 0 Å². The van der Waals surface area contributed by atoms with Gasteiger partial charge >= 0.3 is 5.97 Å². The molecule has 0 aromatic rings. The normalized spacial score (nSPS) is 17.8. The number of hydrogen-bond acceptors (Lipinski definition) is 4. The van der Waals surface area contributed by atoms with Crippen LogP contribution in [0.5, 0.6) is 0 Å². The quantitative estimate of drug-likeness (QED) is 0.790. The van der Waals surface area contributed by atoms with Crippen LogP contribution in [0, 0.1) is 11.8 Å². The van der Waals surface area contributed by atoms with Crippen molar-refractivity contribution in [3.8, 4) is 0 Å². The monoisotopic (exact) mass is 292 g/mol. The molecule has 0 saturated carbocycles. The molecule has 1 fully saturated rings. The number of rotatable bonds is 4. The summed E-state index contributed by atoms with van der Waals surface area (Å²) in [6.07, 6.45) is 1.35. The first-order valence-electron chi connectivity index (χ1n) is 6.68. The highest BCUT2D eigenvalue weighted by molar-refractivity contribution is 5.85. The van der Waals surface area contributed by atoms with Crippen LogP contribution in [0.2, 0.25) is 0 Å². The number of halogens is 1. The Balaban J connectivity index is 0.00000324. The zero-order valence-corrected chi connectivity index (χ0v) is 12.7. The maximum absolute atomic E-state index is 12.0. The minimum absolute atomic E-state index is 0. The van der Waals surface area contributed by atoms with Crippen molar-refractivity contribution in [3.05, 3.63) is 0 Å². The highest BCUT2D eigenvalue weighted by Crippen LogP contribution is 2.19. The van der Waals surface area contributed by atoms with Crippen molar-refractivity contribution < 1.29 is 14.3 Å². The van der Waals surface area contributed by atoms with Crippen molar-refractivity contribution in [1.82, 2.24) is 4.90 Å². The van der Waals surface area contributed by atoms with Crippen molar-refractivity contribution in [2.45, 2.75) is 39.7 Å². The number of likely N-dealkylation sites (tertiary alicyclic amines) is 1. The summed E-state index contributed by atoms with van der Waals surface area (Å²) in [5, 5.41) is 0. The third-order valence-electron chi connectivity index (χ3n) is 3.43. The first kappa shape index (κ1) is 18.2. The number of ether oxygens (including phenoxy) is 1. The fourth-order valence-corrected chi connectivity index (χ4v) is 2.09. The fraction of sp³-hybridized carbons (Fsp3) is 0.846. The molecule has 6 heteroatoms. The zero-order valence-electron chi connectivity index (χ0n) is 11.9. The predicted octanol–water partition coefficient (Wildman–Crippen LogP) is 1.19. The average Bonchev–Trinajstić information content (AvgIpc) is 2.37. The highest BCUT2D eigenvalue weighted by Gasteiger charge is 2.30. The Hall–Kier alpha value is -0.810. The van der Waals surface area contributed by atoms with Gasteiger partial charge in [0, 0.05) is 13.1 Å². The van der Waals surface area contributed by atoms with E-state index in [4.69, 9.17) is 10.5 Å². The standard InChI is InChI=1S/C13H24N2O3.ClH/c1-4-18-13(17)10-5-7-15(8-6-10)12(16)11(14)9(2)3;/h9-11H,4-8,14H2,1-3H3;1H/t11-;/m1./s1. The molecular formula is C13H25ClN2O3. The van der Waals surface area contributed by atoms with Crippen molar-refractivity contribution in [2.75, 3.05) is 19.7 Å². The number of carbonyl (C=O) groups excluding carboxylic acids is 2. The Morgan fingerprint density at radius 2 is 1.84 bits per heavy atom. The number of piperidine rings is 1. The molecule has 1 atom stereocenters. The second-order valence-corrected chi connectivity index (χ2v) is 5.12. The maximum Gasteiger partial charge on any atom is 0.309 e. The van der Waals surface area contributed by atoms with Gasteiger partial charge in [0.25, 0.3) is 0 Å². The van der Waals surface area contributed by atoms with Crippen LogP contribution in [0.4, 0.5) is 0 Å². The number of amides is 1. The molecule has 19 heavy (non-hydrogen) atoms. The van der Waals surface area contributed by atoms with Crippen LogP contribution in [0.3, 0.4) is 0 Å². The van der Waals surface area contributed by atoms with Gasteiger partial charge in [-0.2, -0.15) is 0 Å². The summed E-state index contributed by atoms with van der Waals surface area (Å²) in [4.78, 5) is 25.4. The molecule has 1 aliphatic rings. The summed E-state index contributed by atoms with van der Waals surface area (Å²) in [5.74, 6) is -0.0744. The van der Waals surface area contributed by atoms with E-state index in [9.17, 15) is 9.59 Å². The SMILES string of the molecule is CCOC(=O)C1CCN(C(=O)[C@H](N)C(C)C)CC1.Cl. The Morgan fingerprint density at radius 3 is 2.26 bits per heavy atom. The first-order valence-corrected chi connectivity index (χ1v) is 6.68. The van der Waals surface area contributed by atoms with E-state index in [-0.39, 0.29) is 36.1 Å². The summed E-state index contributed by atoms with van der Waals surface area (Å²) >= 11 is 0. The van der Waals surface area contributed by atoms with Gasteiger partial charge in [-0.15, -0.1) is 12.4 Å². The van der Waals surface area contributed by atoms with E-state index in [1.54, 1.807) is 11.8 Å². The van der Waals surface area contributed by atoms with Gasteiger partial charge in [-0.1, -0.05) is 13.8 Å². The average molecular weight is 293 g/mol. The molecule has 0 unspecified atom stereocenters. The van der Waals surface area contributed by atoms with Gasteiger partial charge in [0.05, 0.1) is 18.6 Å². The van der Waals surface area contributed by atoms with E-state index in [2.05, 4.69) is 0 Å². The van der Waals surface area contributed by atoms with Crippen molar-refractivity contribution in [2.24, 2.45) is 17.6 Å². The number of nitrogens with two attached hydrogens (primary N) is 1. The predicted molar refractivity (Wildman–Crippen MR) is 76.0 cm³/mol. The minimum atomic E-state index is -0.441. The highest BCUT2D eigenvalue weighted by atomic mass is 35.5. The lowest BCUT2D eigenvalue weighted by molar-refractivity contribution is -0.151. The molecule has 0 spiro atoms.